The van der Waals surface area contributed by atoms with Gasteiger partial charge in [-0.25, -0.2) is 9.59 Å². The number of hydrogen-bond acceptors (Lipinski definition) is 8. The summed E-state index contributed by atoms with van der Waals surface area (Å²) in [5, 5.41) is 10.9. The third-order valence-corrected chi connectivity index (χ3v) is 4.76. The lowest BCUT2D eigenvalue weighted by Gasteiger charge is -2.08. The van der Waals surface area contributed by atoms with E-state index in [1.807, 2.05) is 0 Å². The molecule has 2 aromatic carbocycles. The van der Waals surface area contributed by atoms with Gasteiger partial charge in [0.2, 0.25) is 0 Å². The Morgan fingerprint density at radius 1 is 0.844 bits per heavy atom. The zero-order chi connectivity index (χ0) is 23.4. The third kappa shape index (κ3) is 4.87. The third-order valence-electron chi connectivity index (χ3n) is 4.76. The Morgan fingerprint density at radius 2 is 1.34 bits per heavy atom. The molecule has 166 valence electrons. The molecule has 1 unspecified atom stereocenters. The first-order valence-electron chi connectivity index (χ1n) is 9.66. The first kappa shape index (κ1) is 22.8. The minimum absolute atomic E-state index is 0.164. The number of ether oxygens (including phenoxy) is 2. The smallest absolute Gasteiger partial charge is 0.336 e. The highest BCUT2D eigenvalue weighted by Gasteiger charge is 2.11. The van der Waals surface area contributed by atoms with Gasteiger partial charge in [-0.3, -0.25) is 4.79 Å². The highest BCUT2D eigenvalue weighted by molar-refractivity contribution is 6.05. The maximum atomic E-state index is 11.4. The second kappa shape index (κ2) is 9.49. The van der Waals surface area contributed by atoms with Gasteiger partial charge in [0.15, 0.2) is 5.78 Å². The van der Waals surface area contributed by atoms with E-state index in [9.17, 15) is 19.5 Å². The topological polar surface area (TPSA) is 116 Å². The predicted molar refractivity (Wildman–Crippen MR) is 119 cm³/mol. The second-order valence-corrected chi connectivity index (χ2v) is 6.96. The summed E-state index contributed by atoms with van der Waals surface area (Å²) in [5.74, 6) is 1.03. The minimum Gasteiger partial charge on any atom is -0.497 e. The van der Waals surface area contributed by atoms with Crippen LogP contribution in [0.1, 0.15) is 35.9 Å². The SMILES string of the molecule is COc1ccc2c(C(C)=O)cc(=O)oc2c1.COc1ccc2c(C(C)O)cc(=O)oc2c1. The number of aliphatic hydroxyl groups excluding tert-OH is 1. The Balaban J connectivity index is 0.000000181. The van der Waals surface area contributed by atoms with Crippen LogP contribution < -0.4 is 20.7 Å². The fourth-order valence-corrected chi connectivity index (χ4v) is 3.20. The van der Waals surface area contributed by atoms with Gasteiger partial charge in [0.1, 0.15) is 22.7 Å². The molecular weight excluding hydrogens is 416 g/mol. The molecule has 0 aliphatic rings. The van der Waals surface area contributed by atoms with Crippen molar-refractivity contribution in [2.24, 2.45) is 0 Å². The van der Waals surface area contributed by atoms with Crippen LogP contribution in [-0.2, 0) is 0 Å². The van der Waals surface area contributed by atoms with Gasteiger partial charge in [-0.2, -0.15) is 0 Å². The Morgan fingerprint density at radius 3 is 1.84 bits per heavy atom. The van der Waals surface area contributed by atoms with Crippen LogP contribution in [0.3, 0.4) is 0 Å². The van der Waals surface area contributed by atoms with Crippen molar-refractivity contribution in [2.45, 2.75) is 20.0 Å². The molecule has 0 amide bonds. The van der Waals surface area contributed by atoms with E-state index in [0.29, 0.717) is 39.2 Å². The van der Waals surface area contributed by atoms with Gasteiger partial charge in [0, 0.05) is 40.6 Å². The molecule has 0 spiro atoms. The van der Waals surface area contributed by atoms with Crippen molar-refractivity contribution >= 4 is 27.7 Å². The van der Waals surface area contributed by atoms with Gasteiger partial charge >= 0.3 is 11.3 Å². The number of ketones is 1. The van der Waals surface area contributed by atoms with E-state index < -0.39 is 17.4 Å². The lowest BCUT2D eigenvalue weighted by atomic mass is 10.1. The molecule has 0 fully saturated rings. The van der Waals surface area contributed by atoms with E-state index in [4.69, 9.17) is 18.3 Å². The Hall–Kier alpha value is -3.91. The highest BCUT2D eigenvalue weighted by atomic mass is 16.5. The quantitative estimate of drug-likeness (QED) is 0.377. The van der Waals surface area contributed by atoms with E-state index in [1.165, 1.54) is 33.3 Å². The minimum atomic E-state index is -0.708. The van der Waals surface area contributed by atoms with E-state index in [2.05, 4.69) is 0 Å². The molecular formula is C24H22O8. The number of carbonyl (C=O) groups excluding carboxylic acids is 1. The molecule has 8 nitrogen and oxygen atoms in total. The molecule has 0 radical (unpaired) electrons. The molecule has 4 aromatic rings. The Kier molecular flexibility index (Phi) is 6.75. The molecule has 1 N–H and O–H groups in total. The van der Waals surface area contributed by atoms with Crippen LogP contribution in [0.5, 0.6) is 11.5 Å². The maximum absolute atomic E-state index is 11.4. The zero-order valence-corrected chi connectivity index (χ0v) is 18.0. The maximum Gasteiger partial charge on any atom is 0.336 e. The summed E-state index contributed by atoms with van der Waals surface area (Å²) in [7, 11) is 3.06. The first-order chi connectivity index (χ1) is 15.2. The number of hydrogen-bond donors (Lipinski definition) is 1. The zero-order valence-electron chi connectivity index (χ0n) is 18.0. The first-order valence-corrected chi connectivity index (χ1v) is 9.66. The molecule has 0 aliphatic carbocycles. The standard InChI is InChI=1S/C12H12O4.C12H10O4/c2*1-7(13)10-6-12(14)16-11-5-8(15-2)3-4-9(10)11/h3-7,13H,1-2H3;3-6H,1-2H3. The summed E-state index contributed by atoms with van der Waals surface area (Å²) < 4.78 is 20.1. The average molecular weight is 438 g/mol. The van der Waals surface area contributed by atoms with Crippen molar-refractivity contribution in [1.82, 2.24) is 0 Å². The van der Waals surface area contributed by atoms with E-state index in [0.717, 1.165) is 5.39 Å². The van der Waals surface area contributed by atoms with Crippen molar-refractivity contribution in [3.63, 3.8) is 0 Å². The molecule has 1 atom stereocenters. The van der Waals surface area contributed by atoms with Gasteiger partial charge in [0.25, 0.3) is 0 Å². The van der Waals surface area contributed by atoms with Gasteiger partial charge in [-0.15, -0.1) is 0 Å². The van der Waals surface area contributed by atoms with Crippen LogP contribution in [0, 0.1) is 0 Å². The molecule has 0 bridgehead atoms. The van der Waals surface area contributed by atoms with Crippen molar-refractivity contribution in [3.8, 4) is 11.5 Å². The second-order valence-electron chi connectivity index (χ2n) is 6.96. The molecule has 32 heavy (non-hydrogen) atoms. The van der Waals surface area contributed by atoms with Crippen molar-refractivity contribution < 1.29 is 28.2 Å². The Bertz CT molecular complexity index is 1400. The number of Topliss-reactive ketones (excluding diaryl/α,β-unsaturated/α-hetero) is 1. The average Bonchev–Trinajstić information content (AvgIpc) is 2.77. The summed E-state index contributed by atoms with van der Waals surface area (Å²) >= 11 is 0. The molecule has 0 saturated carbocycles. The molecule has 0 aliphatic heterocycles. The van der Waals surface area contributed by atoms with E-state index in [1.54, 1.807) is 43.3 Å². The summed E-state index contributed by atoms with van der Waals surface area (Å²) in [4.78, 5) is 33.9. The van der Waals surface area contributed by atoms with Crippen LogP contribution >= 0.6 is 0 Å². The molecule has 2 aromatic heterocycles. The number of benzene rings is 2. The van der Waals surface area contributed by atoms with E-state index in [-0.39, 0.29) is 5.78 Å². The summed E-state index contributed by atoms with van der Waals surface area (Å²) in [6.07, 6.45) is -0.708. The molecule has 8 heteroatoms. The fraction of sp³-hybridized carbons (Fsp3) is 0.208. The normalized spacial score (nSPS) is 11.5. The van der Waals surface area contributed by atoms with Crippen molar-refractivity contribution in [3.05, 3.63) is 80.5 Å². The number of carbonyl (C=O) groups is 1. The van der Waals surface area contributed by atoms with Crippen LogP contribution in [0.2, 0.25) is 0 Å². The van der Waals surface area contributed by atoms with Gasteiger partial charge in [-0.1, -0.05) is 0 Å². The molecule has 4 rings (SSSR count). The largest absolute Gasteiger partial charge is 0.497 e. The van der Waals surface area contributed by atoms with Gasteiger partial charge in [-0.05, 0) is 43.7 Å². The Labute approximate surface area is 182 Å². The van der Waals surface area contributed by atoms with Crippen molar-refractivity contribution in [1.29, 1.82) is 0 Å². The number of aliphatic hydroxyl groups is 1. The van der Waals surface area contributed by atoms with Crippen LogP contribution in [0.15, 0.2) is 67.0 Å². The lowest BCUT2D eigenvalue weighted by Crippen LogP contribution is -2.04. The van der Waals surface area contributed by atoms with Crippen LogP contribution in [0.4, 0.5) is 0 Å². The van der Waals surface area contributed by atoms with Crippen LogP contribution in [0.25, 0.3) is 21.9 Å². The summed E-state index contributed by atoms with van der Waals surface area (Å²) in [6.45, 7) is 3.02. The monoisotopic (exact) mass is 438 g/mol. The van der Waals surface area contributed by atoms with Gasteiger partial charge < -0.3 is 23.4 Å². The predicted octanol–water partition coefficient (Wildman–Crippen LogP) is 3.86. The number of fused-ring (bicyclic) bond motifs is 2. The van der Waals surface area contributed by atoms with Crippen molar-refractivity contribution in [2.75, 3.05) is 14.2 Å². The highest BCUT2D eigenvalue weighted by Crippen LogP contribution is 2.26. The number of rotatable bonds is 4. The molecule has 2 heterocycles. The number of methoxy groups -OCH3 is 2. The lowest BCUT2D eigenvalue weighted by molar-refractivity contribution is 0.101. The fourth-order valence-electron chi connectivity index (χ4n) is 3.20. The molecule has 0 saturated heterocycles. The van der Waals surface area contributed by atoms with Crippen LogP contribution in [-0.4, -0.2) is 25.1 Å². The summed E-state index contributed by atoms with van der Waals surface area (Å²) in [6, 6.07) is 12.7. The summed E-state index contributed by atoms with van der Waals surface area (Å²) in [5.41, 5.74) is 0.699. The van der Waals surface area contributed by atoms with E-state index >= 15 is 0 Å². The van der Waals surface area contributed by atoms with Gasteiger partial charge in [0.05, 0.1) is 20.3 Å².